The van der Waals surface area contributed by atoms with E-state index in [2.05, 4.69) is 11.4 Å². The van der Waals surface area contributed by atoms with Crippen LogP contribution < -0.4 is 5.32 Å². The summed E-state index contributed by atoms with van der Waals surface area (Å²) in [6, 6.07) is 16.4. The number of aromatic nitrogens is 1. The molecule has 0 aliphatic rings. The second kappa shape index (κ2) is 6.39. The van der Waals surface area contributed by atoms with Gasteiger partial charge in [-0.3, -0.25) is 9.59 Å². The van der Waals surface area contributed by atoms with E-state index in [4.69, 9.17) is 0 Å². The molecular weight excluding hydrogens is 302 g/mol. The first kappa shape index (κ1) is 15.5. The molecule has 0 aliphatic carbocycles. The van der Waals surface area contributed by atoms with E-state index in [0.717, 1.165) is 10.9 Å². The third-order valence-electron chi connectivity index (χ3n) is 3.78. The Balaban J connectivity index is 1.82. The van der Waals surface area contributed by atoms with E-state index in [1.807, 2.05) is 24.3 Å². The Morgan fingerprint density at radius 2 is 1.96 bits per heavy atom. The SMILES string of the molecule is CC(=O)c1cccc(NC(=O)Cn2cc(C#N)c3ccccc32)c1. The largest absolute Gasteiger partial charge is 0.337 e. The number of ketones is 1. The van der Waals surface area contributed by atoms with Crippen molar-refractivity contribution in [1.29, 1.82) is 5.26 Å². The number of nitrogens with zero attached hydrogens (tertiary/aromatic N) is 2. The van der Waals surface area contributed by atoms with E-state index in [-0.39, 0.29) is 18.2 Å². The van der Waals surface area contributed by atoms with Crippen molar-refractivity contribution >= 4 is 28.3 Å². The summed E-state index contributed by atoms with van der Waals surface area (Å²) in [7, 11) is 0. The molecule has 0 fully saturated rings. The number of amides is 1. The molecule has 0 aliphatic heterocycles. The van der Waals surface area contributed by atoms with Gasteiger partial charge in [0.2, 0.25) is 5.91 Å². The first-order valence-electron chi connectivity index (χ1n) is 7.47. The summed E-state index contributed by atoms with van der Waals surface area (Å²) in [6.07, 6.45) is 1.68. The predicted octanol–water partition coefficient (Wildman–Crippen LogP) is 3.35. The Labute approximate surface area is 139 Å². The molecule has 0 saturated heterocycles. The number of nitriles is 1. The predicted molar refractivity (Wildman–Crippen MR) is 91.7 cm³/mol. The van der Waals surface area contributed by atoms with Gasteiger partial charge in [0.25, 0.3) is 0 Å². The smallest absolute Gasteiger partial charge is 0.244 e. The monoisotopic (exact) mass is 317 g/mol. The van der Waals surface area contributed by atoms with Crippen LogP contribution in [0.5, 0.6) is 0 Å². The van der Waals surface area contributed by atoms with Gasteiger partial charge in [-0.15, -0.1) is 0 Å². The number of hydrogen-bond donors (Lipinski definition) is 1. The normalized spacial score (nSPS) is 10.3. The molecule has 24 heavy (non-hydrogen) atoms. The Hall–Kier alpha value is -3.39. The molecule has 1 heterocycles. The zero-order valence-electron chi connectivity index (χ0n) is 13.1. The lowest BCUT2D eigenvalue weighted by atomic mass is 10.1. The molecule has 1 aromatic heterocycles. The van der Waals surface area contributed by atoms with Crippen LogP contribution in [-0.4, -0.2) is 16.3 Å². The second-order valence-corrected chi connectivity index (χ2v) is 5.48. The summed E-state index contributed by atoms with van der Waals surface area (Å²) in [4.78, 5) is 23.7. The highest BCUT2D eigenvalue weighted by atomic mass is 16.2. The molecular formula is C19H15N3O2. The number of Topliss-reactive ketones (excluding diaryl/α,β-unsaturated/α-hetero) is 1. The van der Waals surface area contributed by atoms with Crippen LogP contribution in [-0.2, 0) is 11.3 Å². The highest BCUT2D eigenvalue weighted by Gasteiger charge is 2.11. The molecule has 0 saturated carbocycles. The van der Waals surface area contributed by atoms with Crippen LogP contribution in [0.1, 0.15) is 22.8 Å². The average Bonchev–Trinajstić information content (AvgIpc) is 2.93. The Bertz CT molecular complexity index is 980. The van der Waals surface area contributed by atoms with Crippen molar-refractivity contribution in [2.75, 3.05) is 5.32 Å². The molecule has 3 rings (SSSR count). The molecule has 1 amide bonds. The van der Waals surface area contributed by atoms with Gasteiger partial charge in [0.05, 0.1) is 5.56 Å². The van der Waals surface area contributed by atoms with Gasteiger partial charge in [-0.1, -0.05) is 30.3 Å². The maximum Gasteiger partial charge on any atom is 0.244 e. The van der Waals surface area contributed by atoms with E-state index in [1.54, 1.807) is 35.0 Å². The van der Waals surface area contributed by atoms with E-state index in [0.29, 0.717) is 16.8 Å². The minimum Gasteiger partial charge on any atom is -0.337 e. The van der Waals surface area contributed by atoms with Crippen molar-refractivity contribution in [2.24, 2.45) is 0 Å². The van der Waals surface area contributed by atoms with E-state index in [9.17, 15) is 14.9 Å². The van der Waals surface area contributed by atoms with Crippen LogP contribution >= 0.6 is 0 Å². The van der Waals surface area contributed by atoms with Gasteiger partial charge in [-0.25, -0.2) is 0 Å². The third kappa shape index (κ3) is 3.03. The van der Waals surface area contributed by atoms with Gasteiger partial charge < -0.3 is 9.88 Å². The van der Waals surface area contributed by atoms with Crippen LogP contribution in [0, 0.1) is 11.3 Å². The number of para-hydroxylation sites is 1. The summed E-state index contributed by atoms with van der Waals surface area (Å²) >= 11 is 0. The summed E-state index contributed by atoms with van der Waals surface area (Å²) < 4.78 is 1.75. The molecule has 1 N–H and O–H groups in total. The van der Waals surface area contributed by atoms with Crippen molar-refractivity contribution in [3.05, 3.63) is 65.9 Å². The van der Waals surface area contributed by atoms with Gasteiger partial charge >= 0.3 is 0 Å². The lowest BCUT2D eigenvalue weighted by molar-refractivity contribution is -0.116. The molecule has 5 heteroatoms. The summed E-state index contributed by atoms with van der Waals surface area (Å²) in [6.45, 7) is 1.57. The number of benzene rings is 2. The number of hydrogen-bond acceptors (Lipinski definition) is 3. The standard InChI is InChI=1S/C19H15N3O2/c1-13(23)14-5-4-6-16(9-14)21-19(24)12-22-11-15(10-20)17-7-2-3-8-18(17)22/h2-9,11H,12H2,1H3,(H,21,24). The number of carbonyl (C=O) groups excluding carboxylic acids is 2. The zero-order chi connectivity index (χ0) is 17.1. The first-order chi connectivity index (χ1) is 11.6. The molecule has 3 aromatic rings. The number of fused-ring (bicyclic) bond motifs is 1. The fourth-order valence-corrected chi connectivity index (χ4v) is 2.64. The maximum atomic E-state index is 12.3. The fourth-order valence-electron chi connectivity index (χ4n) is 2.64. The van der Waals surface area contributed by atoms with Crippen molar-refractivity contribution in [2.45, 2.75) is 13.5 Å². The first-order valence-corrected chi connectivity index (χ1v) is 7.47. The molecule has 0 spiro atoms. The molecule has 0 atom stereocenters. The van der Waals surface area contributed by atoms with Gasteiger partial charge in [0.1, 0.15) is 12.6 Å². The Morgan fingerprint density at radius 3 is 2.71 bits per heavy atom. The van der Waals surface area contributed by atoms with E-state index < -0.39 is 0 Å². The summed E-state index contributed by atoms with van der Waals surface area (Å²) in [5.74, 6) is -0.276. The van der Waals surface area contributed by atoms with Crippen LogP contribution in [0.15, 0.2) is 54.7 Å². The van der Waals surface area contributed by atoms with Crippen LogP contribution in [0.25, 0.3) is 10.9 Å². The molecule has 2 aromatic carbocycles. The lowest BCUT2D eigenvalue weighted by Crippen LogP contribution is -2.18. The highest BCUT2D eigenvalue weighted by molar-refractivity contribution is 5.97. The third-order valence-corrected chi connectivity index (χ3v) is 3.78. The van der Waals surface area contributed by atoms with Crippen LogP contribution in [0.4, 0.5) is 5.69 Å². The minimum absolute atomic E-state index is 0.0545. The summed E-state index contributed by atoms with van der Waals surface area (Å²) in [5.41, 5.74) is 2.49. The molecule has 118 valence electrons. The van der Waals surface area contributed by atoms with Crippen LogP contribution in [0.3, 0.4) is 0 Å². The Kier molecular flexibility index (Phi) is 4.13. The van der Waals surface area contributed by atoms with Gasteiger partial charge in [0, 0.05) is 28.4 Å². The molecule has 5 nitrogen and oxygen atoms in total. The van der Waals surface area contributed by atoms with Gasteiger partial charge in [-0.2, -0.15) is 5.26 Å². The number of anilines is 1. The minimum atomic E-state index is -0.221. The topological polar surface area (TPSA) is 74.9 Å². The maximum absolute atomic E-state index is 12.3. The molecule has 0 bridgehead atoms. The number of rotatable bonds is 4. The lowest BCUT2D eigenvalue weighted by Gasteiger charge is -2.08. The van der Waals surface area contributed by atoms with Crippen molar-refractivity contribution < 1.29 is 9.59 Å². The second-order valence-electron chi connectivity index (χ2n) is 5.48. The molecule has 0 radical (unpaired) electrons. The van der Waals surface area contributed by atoms with E-state index in [1.165, 1.54) is 6.92 Å². The Morgan fingerprint density at radius 1 is 1.17 bits per heavy atom. The quantitative estimate of drug-likeness (QED) is 0.750. The highest BCUT2D eigenvalue weighted by Crippen LogP contribution is 2.20. The van der Waals surface area contributed by atoms with Crippen molar-refractivity contribution in [3.63, 3.8) is 0 Å². The van der Waals surface area contributed by atoms with Crippen molar-refractivity contribution in [3.8, 4) is 6.07 Å². The fraction of sp³-hybridized carbons (Fsp3) is 0.105. The van der Waals surface area contributed by atoms with Crippen LogP contribution in [0.2, 0.25) is 0 Å². The van der Waals surface area contributed by atoms with E-state index >= 15 is 0 Å². The van der Waals surface area contributed by atoms with Gasteiger partial charge in [-0.05, 0) is 25.1 Å². The zero-order valence-corrected chi connectivity index (χ0v) is 13.1. The summed E-state index contributed by atoms with van der Waals surface area (Å²) in [5, 5.41) is 12.8. The van der Waals surface area contributed by atoms with Gasteiger partial charge in [0.15, 0.2) is 5.78 Å². The van der Waals surface area contributed by atoms with Crippen molar-refractivity contribution in [1.82, 2.24) is 4.57 Å². The number of nitrogens with one attached hydrogen (secondary N) is 1. The number of carbonyl (C=O) groups is 2. The molecule has 0 unspecified atom stereocenters. The average molecular weight is 317 g/mol.